The van der Waals surface area contributed by atoms with E-state index in [2.05, 4.69) is 0 Å². The number of anilines is 1. The normalized spacial score (nSPS) is 15.4. The van der Waals surface area contributed by atoms with Crippen molar-refractivity contribution < 1.29 is 13.9 Å². The molecular weight excluding hydrogens is 414 g/mol. The lowest BCUT2D eigenvalue weighted by Crippen LogP contribution is -2.29. The van der Waals surface area contributed by atoms with Crippen molar-refractivity contribution in [3.8, 4) is 5.75 Å². The number of aryl methyl sites for hydroxylation is 1. The number of carbonyl (C=O) groups excluding carboxylic acids is 1. The summed E-state index contributed by atoms with van der Waals surface area (Å²) in [5, 5.41) is 0.781. The number of benzene rings is 3. The van der Waals surface area contributed by atoms with Gasteiger partial charge in [-0.1, -0.05) is 41.4 Å². The van der Waals surface area contributed by atoms with Gasteiger partial charge < -0.3 is 9.15 Å². The maximum Gasteiger partial charge on any atom is 0.295 e. The first kappa shape index (κ1) is 19.4. The number of rotatable bonds is 3. The molecule has 4 aromatic rings. The van der Waals surface area contributed by atoms with Crippen LogP contribution in [0.3, 0.4) is 0 Å². The van der Waals surface area contributed by atoms with Gasteiger partial charge in [0.05, 0.1) is 24.1 Å². The highest BCUT2D eigenvalue weighted by Gasteiger charge is 2.43. The minimum Gasteiger partial charge on any atom is -0.497 e. The van der Waals surface area contributed by atoms with Crippen LogP contribution in [0.4, 0.5) is 5.69 Å². The highest BCUT2D eigenvalue weighted by Crippen LogP contribution is 2.41. The van der Waals surface area contributed by atoms with Gasteiger partial charge in [-0.25, -0.2) is 0 Å². The Bertz CT molecular complexity index is 1370. The summed E-state index contributed by atoms with van der Waals surface area (Å²) < 4.78 is 11.2. The van der Waals surface area contributed by atoms with Crippen LogP contribution in [0.15, 0.2) is 75.9 Å². The molecule has 1 unspecified atom stereocenters. The van der Waals surface area contributed by atoms with E-state index in [4.69, 9.17) is 20.8 Å². The van der Waals surface area contributed by atoms with Crippen molar-refractivity contribution in [1.82, 2.24) is 0 Å². The number of carbonyl (C=O) groups is 1. The Balaban J connectivity index is 1.79. The molecule has 2 heterocycles. The number of hydrogen-bond acceptors (Lipinski definition) is 4. The van der Waals surface area contributed by atoms with Crippen LogP contribution in [-0.2, 0) is 0 Å². The summed E-state index contributed by atoms with van der Waals surface area (Å²) in [4.78, 5) is 28.6. The molecule has 0 bridgehead atoms. The fourth-order valence-corrected chi connectivity index (χ4v) is 4.19. The molecule has 1 aliphatic heterocycles. The molecule has 0 spiro atoms. The smallest absolute Gasteiger partial charge is 0.295 e. The van der Waals surface area contributed by atoms with E-state index in [0.29, 0.717) is 33.0 Å². The Kier molecular flexibility index (Phi) is 4.56. The van der Waals surface area contributed by atoms with E-state index in [1.807, 2.05) is 55.5 Å². The van der Waals surface area contributed by atoms with E-state index < -0.39 is 6.04 Å². The van der Waals surface area contributed by atoms with E-state index in [1.165, 1.54) is 0 Å². The highest BCUT2D eigenvalue weighted by molar-refractivity contribution is 6.31. The molecule has 1 atom stereocenters. The third-order valence-corrected chi connectivity index (χ3v) is 5.81. The minimum absolute atomic E-state index is 0.0567. The number of nitrogens with zero attached hydrogens (tertiary/aromatic N) is 1. The van der Waals surface area contributed by atoms with Gasteiger partial charge in [0.2, 0.25) is 5.76 Å². The first-order valence-corrected chi connectivity index (χ1v) is 10.2. The second-order valence-corrected chi connectivity index (χ2v) is 7.94. The van der Waals surface area contributed by atoms with E-state index >= 15 is 0 Å². The molecule has 1 aromatic heterocycles. The standard InChI is InChI=1S/C25H18ClNO4/c1-14-3-8-17(9-4-14)27-22(15-5-10-18(30-2)11-6-15)21-23(28)19-13-16(26)7-12-20(19)31-24(21)25(27)29/h3-13,22H,1-2H3. The van der Waals surface area contributed by atoms with Gasteiger partial charge in [-0.15, -0.1) is 0 Å². The van der Waals surface area contributed by atoms with Crippen LogP contribution >= 0.6 is 11.6 Å². The Hall–Kier alpha value is -3.57. The summed E-state index contributed by atoms with van der Waals surface area (Å²) in [6.07, 6.45) is 0. The van der Waals surface area contributed by atoms with Gasteiger partial charge in [0.1, 0.15) is 11.3 Å². The van der Waals surface area contributed by atoms with E-state index in [1.54, 1.807) is 30.2 Å². The topological polar surface area (TPSA) is 59.8 Å². The minimum atomic E-state index is -0.629. The predicted octanol–water partition coefficient (Wildman–Crippen LogP) is 5.51. The molecule has 3 aromatic carbocycles. The van der Waals surface area contributed by atoms with Crippen LogP contribution in [0.2, 0.25) is 5.02 Å². The SMILES string of the molecule is COc1ccc(C2c3c(oc4ccc(Cl)cc4c3=O)C(=O)N2c2ccc(C)cc2)cc1. The van der Waals surface area contributed by atoms with Crippen molar-refractivity contribution in [2.45, 2.75) is 13.0 Å². The molecule has 0 saturated heterocycles. The van der Waals surface area contributed by atoms with Crippen molar-refractivity contribution in [3.05, 3.63) is 104 Å². The van der Waals surface area contributed by atoms with Crippen LogP contribution in [-0.4, -0.2) is 13.0 Å². The van der Waals surface area contributed by atoms with Gasteiger partial charge in [-0.3, -0.25) is 14.5 Å². The summed E-state index contributed by atoms with van der Waals surface area (Å²) in [7, 11) is 1.59. The van der Waals surface area contributed by atoms with Crippen LogP contribution in [0.25, 0.3) is 11.0 Å². The average molecular weight is 432 g/mol. The van der Waals surface area contributed by atoms with E-state index in [9.17, 15) is 9.59 Å². The van der Waals surface area contributed by atoms with Crippen molar-refractivity contribution in [2.24, 2.45) is 0 Å². The second kappa shape index (κ2) is 7.29. The lowest BCUT2D eigenvalue weighted by atomic mass is 9.98. The second-order valence-electron chi connectivity index (χ2n) is 7.50. The third-order valence-electron chi connectivity index (χ3n) is 5.58. The Morgan fingerprint density at radius 2 is 1.68 bits per heavy atom. The zero-order valence-electron chi connectivity index (χ0n) is 16.9. The molecule has 0 fully saturated rings. The summed E-state index contributed by atoms with van der Waals surface area (Å²) in [5.74, 6) is 0.391. The van der Waals surface area contributed by atoms with Gasteiger partial charge in [-0.2, -0.15) is 0 Å². The van der Waals surface area contributed by atoms with Crippen molar-refractivity contribution in [3.63, 3.8) is 0 Å². The molecule has 31 heavy (non-hydrogen) atoms. The highest BCUT2D eigenvalue weighted by atomic mass is 35.5. The van der Waals surface area contributed by atoms with Gasteiger partial charge in [-0.05, 0) is 55.0 Å². The number of halogens is 1. The zero-order chi connectivity index (χ0) is 21.7. The van der Waals surface area contributed by atoms with E-state index in [0.717, 1.165) is 11.1 Å². The molecular formula is C25H18ClNO4. The van der Waals surface area contributed by atoms with Crippen LogP contribution in [0, 0.1) is 6.92 Å². The number of ether oxygens (including phenoxy) is 1. The third kappa shape index (κ3) is 3.09. The van der Waals surface area contributed by atoms with Gasteiger partial charge in [0.15, 0.2) is 5.43 Å². The van der Waals surface area contributed by atoms with E-state index in [-0.39, 0.29) is 17.1 Å². The largest absolute Gasteiger partial charge is 0.497 e. The predicted molar refractivity (Wildman–Crippen MR) is 120 cm³/mol. The Morgan fingerprint density at radius 1 is 0.968 bits per heavy atom. The monoisotopic (exact) mass is 431 g/mol. The fraction of sp³-hybridized carbons (Fsp3) is 0.120. The maximum atomic E-state index is 13.5. The Morgan fingerprint density at radius 3 is 2.35 bits per heavy atom. The number of fused-ring (bicyclic) bond motifs is 2. The first-order chi connectivity index (χ1) is 15.0. The molecule has 5 rings (SSSR count). The molecule has 0 aliphatic carbocycles. The van der Waals surface area contributed by atoms with Crippen LogP contribution in [0.5, 0.6) is 5.75 Å². The lowest BCUT2D eigenvalue weighted by molar-refractivity contribution is 0.0971. The number of methoxy groups -OCH3 is 1. The molecule has 1 aliphatic rings. The molecule has 1 amide bonds. The van der Waals surface area contributed by atoms with Crippen molar-refractivity contribution in [1.29, 1.82) is 0 Å². The molecule has 0 radical (unpaired) electrons. The first-order valence-electron chi connectivity index (χ1n) is 9.78. The molecule has 0 saturated carbocycles. The summed E-state index contributed by atoms with van der Waals surface area (Å²) in [6, 6.07) is 19.1. The van der Waals surface area contributed by atoms with Gasteiger partial charge in [0, 0.05) is 10.7 Å². The Labute approximate surface area is 183 Å². The molecule has 154 valence electrons. The maximum absolute atomic E-state index is 13.5. The average Bonchev–Trinajstić information content (AvgIpc) is 3.07. The summed E-state index contributed by atoms with van der Waals surface area (Å²) in [5.41, 5.74) is 2.92. The van der Waals surface area contributed by atoms with Crippen LogP contribution in [0.1, 0.15) is 33.3 Å². The fourth-order valence-electron chi connectivity index (χ4n) is 4.02. The number of amides is 1. The van der Waals surface area contributed by atoms with Gasteiger partial charge >= 0.3 is 0 Å². The number of hydrogen-bond donors (Lipinski definition) is 0. The van der Waals surface area contributed by atoms with Crippen molar-refractivity contribution in [2.75, 3.05) is 12.0 Å². The molecule has 6 heteroatoms. The van der Waals surface area contributed by atoms with Crippen molar-refractivity contribution >= 4 is 34.2 Å². The van der Waals surface area contributed by atoms with Crippen LogP contribution < -0.4 is 15.1 Å². The zero-order valence-corrected chi connectivity index (χ0v) is 17.6. The molecule has 0 N–H and O–H groups in total. The molecule has 5 nitrogen and oxygen atoms in total. The summed E-state index contributed by atoms with van der Waals surface area (Å²) in [6.45, 7) is 1.98. The summed E-state index contributed by atoms with van der Waals surface area (Å²) >= 11 is 6.12. The quantitative estimate of drug-likeness (QED) is 0.429. The lowest BCUT2D eigenvalue weighted by Gasteiger charge is -2.25. The van der Waals surface area contributed by atoms with Gasteiger partial charge in [0.25, 0.3) is 5.91 Å².